The summed E-state index contributed by atoms with van der Waals surface area (Å²) in [4.78, 5) is 28.1. The van der Waals surface area contributed by atoms with Gasteiger partial charge in [-0.3, -0.25) is 13.9 Å². The van der Waals surface area contributed by atoms with Gasteiger partial charge in [-0.2, -0.15) is 0 Å². The van der Waals surface area contributed by atoms with Crippen LogP contribution in [0.4, 0.5) is 0 Å². The Labute approximate surface area is 181 Å². The number of unbranched alkanes of at least 4 members (excludes halogenated alkanes) is 1. The number of nitrogens with zero attached hydrogens (tertiary/aromatic N) is 5. The van der Waals surface area contributed by atoms with Crippen molar-refractivity contribution in [3.8, 4) is 5.69 Å². The summed E-state index contributed by atoms with van der Waals surface area (Å²) in [5, 5.41) is 0.521. The summed E-state index contributed by atoms with van der Waals surface area (Å²) in [7, 11) is 0. The molecule has 0 radical (unpaired) electrons. The van der Waals surface area contributed by atoms with Crippen molar-refractivity contribution in [2.75, 3.05) is 0 Å². The minimum absolute atomic E-state index is 0.0589. The molecule has 0 saturated heterocycles. The molecule has 0 bridgehead atoms. The Morgan fingerprint density at radius 3 is 2.33 bits per heavy atom. The lowest BCUT2D eigenvalue weighted by Gasteiger charge is -2.10. The van der Waals surface area contributed by atoms with Gasteiger partial charge in [-0.15, -0.1) is 0 Å². The van der Waals surface area contributed by atoms with E-state index in [-0.39, 0.29) is 5.56 Å². The standard InChI is InChI=1S/C23H20BrN5O/c1-3-4-13-28-14(2)25-21-19(23(28)30)20-22(27-18-8-6-5-7-17(18)26-20)29(21)16-11-9-15(24)10-12-16/h5-12H,3-4,13H2,1-2H3. The average molecular weight is 462 g/mol. The van der Waals surface area contributed by atoms with Crippen molar-refractivity contribution in [1.29, 1.82) is 0 Å². The summed E-state index contributed by atoms with van der Waals surface area (Å²) in [5.74, 6) is 0.701. The molecule has 0 fully saturated rings. The van der Waals surface area contributed by atoms with Crippen LogP contribution in [0.2, 0.25) is 0 Å². The lowest BCUT2D eigenvalue weighted by atomic mass is 10.2. The van der Waals surface area contributed by atoms with E-state index < -0.39 is 0 Å². The Morgan fingerprint density at radius 2 is 1.63 bits per heavy atom. The first-order valence-electron chi connectivity index (χ1n) is 10.0. The average Bonchev–Trinajstić information content (AvgIpc) is 3.05. The summed E-state index contributed by atoms with van der Waals surface area (Å²) in [5.41, 5.74) is 4.21. The number of hydrogen-bond donors (Lipinski definition) is 0. The minimum atomic E-state index is -0.0589. The van der Waals surface area contributed by atoms with Crippen molar-refractivity contribution in [1.82, 2.24) is 24.1 Å². The highest BCUT2D eigenvalue weighted by atomic mass is 79.9. The van der Waals surface area contributed by atoms with Crippen molar-refractivity contribution in [2.24, 2.45) is 0 Å². The minimum Gasteiger partial charge on any atom is -0.296 e. The zero-order valence-electron chi connectivity index (χ0n) is 16.8. The van der Waals surface area contributed by atoms with Gasteiger partial charge >= 0.3 is 0 Å². The quantitative estimate of drug-likeness (QED) is 0.370. The van der Waals surface area contributed by atoms with Gasteiger partial charge in [0.15, 0.2) is 11.3 Å². The lowest BCUT2D eigenvalue weighted by molar-refractivity contribution is 0.591. The fourth-order valence-electron chi connectivity index (χ4n) is 3.85. The zero-order valence-corrected chi connectivity index (χ0v) is 18.3. The van der Waals surface area contributed by atoms with Crippen LogP contribution in [0.3, 0.4) is 0 Å². The number of fused-ring (bicyclic) bond motifs is 4. The van der Waals surface area contributed by atoms with Gasteiger partial charge in [0.25, 0.3) is 5.56 Å². The van der Waals surface area contributed by atoms with Gasteiger partial charge in [-0.05, 0) is 49.7 Å². The molecule has 0 N–H and O–H groups in total. The zero-order chi connectivity index (χ0) is 20.8. The van der Waals surface area contributed by atoms with Crippen LogP contribution >= 0.6 is 15.9 Å². The van der Waals surface area contributed by atoms with Gasteiger partial charge in [-0.25, -0.2) is 15.0 Å². The van der Waals surface area contributed by atoms with Crippen molar-refractivity contribution in [3.63, 3.8) is 0 Å². The van der Waals surface area contributed by atoms with Crippen LogP contribution in [0.15, 0.2) is 57.8 Å². The molecule has 0 aliphatic carbocycles. The van der Waals surface area contributed by atoms with Crippen molar-refractivity contribution in [2.45, 2.75) is 33.2 Å². The van der Waals surface area contributed by atoms with Crippen LogP contribution in [-0.2, 0) is 6.54 Å². The predicted molar refractivity (Wildman–Crippen MR) is 123 cm³/mol. The molecule has 0 spiro atoms. The maximum absolute atomic E-state index is 13.5. The molecule has 0 saturated carbocycles. The third-order valence-corrected chi connectivity index (χ3v) is 5.90. The third-order valence-electron chi connectivity index (χ3n) is 5.37. The predicted octanol–water partition coefficient (Wildman–Crippen LogP) is 5.15. The van der Waals surface area contributed by atoms with E-state index in [1.165, 1.54) is 0 Å². The van der Waals surface area contributed by atoms with Gasteiger partial charge in [-0.1, -0.05) is 41.4 Å². The van der Waals surface area contributed by atoms with E-state index in [0.29, 0.717) is 34.6 Å². The van der Waals surface area contributed by atoms with Crippen LogP contribution in [0.25, 0.3) is 38.9 Å². The van der Waals surface area contributed by atoms with E-state index in [0.717, 1.165) is 34.0 Å². The summed E-state index contributed by atoms with van der Waals surface area (Å²) in [6.45, 7) is 4.65. The second kappa shape index (κ2) is 7.32. The second-order valence-corrected chi connectivity index (χ2v) is 8.28. The lowest BCUT2D eigenvalue weighted by Crippen LogP contribution is -2.24. The molecule has 0 unspecified atom stereocenters. The Balaban J connectivity index is 1.96. The first-order valence-corrected chi connectivity index (χ1v) is 10.8. The maximum Gasteiger partial charge on any atom is 0.265 e. The topological polar surface area (TPSA) is 65.6 Å². The van der Waals surface area contributed by atoms with Crippen LogP contribution in [0.5, 0.6) is 0 Å². The Hall–Kier alpha value is -3.06. The molecule has 6 nitrogen and oxygen atoms in total. The summed E-state index contributed by atoms with van der Waals surface area (Å²) in [6.07, 6.45) is 1.93. The van der Waals surface area contributed by atoms with Crippen molar-refractivity contribution < 1.29 is 0 Å². The number of hydrogen-bond acceptors (Lipinski definition) is 4. The summed E-state index contributed by atoms with van der Waals surface area (Å²) < 4.78 is 4.68. The number of halogens is 1. The molecular formula is C23H20BrN5O. The Kier molecular flexibility index (Phi) is 4.62. The summed E-state index contributed by atoms with van der Waals surface area (Å²) in [6, 6.07) is 15.6. The fourth-order valence-corrected chi connectivity index (χ4v) is 4.11. The van der Waals surface area contributed by atoms with Gasteiger partial charge in [0.2, 0.25) is 0 Å². The van der Waals surface area contributed by atoms with Gasteiger partial charge in [0, 0.05) is 16.7 Å². The molecule has 150 valence electrons. The molecule has 30 heavy (non-hydrogen) atoms. The molecule has 2 aromatic carbocycles. The molecule has 0 atom stereocenters. The largest absolute Gasteiger partial charge is 0.296 e. The van der Waals surface area contributed by atoms with Gasteiger partial charge in [0.1, 0.15) is 16.7 Å². The smallest absolute Gasteiger partial charge is 0.265 e. The van der Waals surface area contributed by atoms with E-state index in [1.54, 1.807) is 4.57 Å². The highest BCUT2D eigenvalue weighted by Crippen LogP contribution is 2.29. The third kappa shape index (κ3) is 2.92. The number of rotatable bonds is 4. The van der Waals surface area contributed by atoms with Crippen molar-refractivity contribution in [3.05, 3.63) is 69.2 Å². The van der Waals surface area contributed by atoms with E-state index in [9.17, 15) is 4.79 Å². The maximum atomic E-state index is 13.5. The fraction of sp³-hybridized carbons (Fsp3) is 0.217. The van der Waals surface area contributed by atoms with Gasteiger partial charge < -0.3 is 0 Å². The number of aromatic nitrogens is 5. The first kappa shape index (κ1) is 18.9. The molecule has 3 aromatic heterocycles. The molecule has 3 heterocycles. The molecule has 0 amide bonds. The van der Waals surface area contributed by atoms with Crippen LogP contribution < -0.4 is 5.56 Å². The molecule has 0 aliphatic rings. The van der Waals surface area contributed by atoms with E-state index in [2.05, 4.69) is 22.9 Å². The highest BCUT2D eigenvalue weighted by Gasteiger charge is 2.22. The molecular weight excluding hydrogens is 442 g/mol. The van der Waals surface area contributed by atoms with Crippen LogP contribution in [0, 0.1) is 6.92 Å². The molecule has 0 aliphatic heterocycles. The second-order valence-electron chi connectivity index (χ2n) is 7.36. The highest BCUT2D eigenvalue weighted by molar-refractivity contribution is 9.10. The van der Waals surface area contributed by atoms with E-state index >= 15 is 0 Å². The normalized spacial score (nSPS) is 11.7. The number of para-hydroxylation sites is 2. The Bertz CT molecular complexity index is 1470. The Morgan fingerprint density at radius 1 is 0.933 bits per heavy atom. The van der Waals surface area contributed by atoms with Crippen LogP contribution in [0.1, 0.15) is 25.6 Å². The molecule has 5 rings (SSSR count). The molecule has 5 aromatic rings. The number of aryl methyl sites for hydroxylation is 1. The van der Waals surface area contributed by atoms with E-state index in [1.807, 2.05) is 60.0 Å². The molecule has 7 heteroatoms. The number of benzene rings is 2. The van der Waals surface area contributed by atoms with Crippen molar-refractivity contribution >= 4 is 49.2 Å². The summed E-state index contributed by atoms with van der Waals surface area (Å²) >= 11 is 3.49. The van der Waals surface area contributed by atoms with E-state index in [4.69, 9.17) is 15.0 Å². The first-order chi connectivity index (χ1) is 14.6. The van der Waals surface area contributed by atoms with Gasteiger partial charge in [0.05, 0.1) is 11.0 Å². The van der Waals surface area contributed by atoms with Crippen LogP contribution in [-0.4, -0.2) is 24.1 Å². The monoisotopic (exact) mass is 461 g/mol. The SMILES string of the molecule is CCCCn1c(C)nc2c(c1=O)c1nc3ccccc3nc1n2-c1ccc(Br)cc1.